The zero-order valence-corrected chi connectivity index (χ0v) is 15.3. The molecule has 1 saturated carbocycles. The lowest BCUT2D eigenvalue weighted by atomic mass is 9.84. The van der Waals surface area contributed by atoms with Crippen molar-refractivity contribution in [1.82, 2.24) is 5.32 Å². The molecular weight excluding hydrogens is 318 g/mol. The Morgan fingerprint density at radius 1 is 1.20 bits per heavy atom. The van der Waals surface area contributed by atoms with Crippen LogP contribution >= 0.6 is 0 Å². The summed E-state index contributed by atoms with van der Waals surface area (Å²) in [6.45, 7) is 6.91. The van der Waals surface area contributed by atoms with Gasteiger partial charge in [0.2, 0.25) is 0 Å². The number of ether oxygens (including phenoxy) is 1. The van der Waals surface area contributed by atoms with Gasteiger partial charge in [-0.1, -0.05) is 32.9 Å². The van der Waals surface area contributed by atoms with E-state index >= 15 is 0 Å². The molecule has 3 rings (SSSR count). The van der Waals surface area contributed by atoms with Crippen LogP contribution in [0.1, 0.15) is 63.7 Å². The van der Waals surface area contributed by atoms with Crippen molar-refractivity contribution in [2.45, 2.75) is 70.1 Å². The molecule has 0 radical (unpaired) electrons. The zero-order valence-electron chi connectivity index (χ0n) is 15.3. The molecule has 3 N–H and O–H groups in total. The van der Waals surface area contributed by atoms with Crippen molar-refractivity contribution in [2.24, 2.45) is 5.92 Å². The van der Waals surface area contributed by atoms with Crippen molar-refractivity contribution in [3.05, 3.63) is 29.3 Å². The van der Waals surface area contributed by atoms with Crippen LogP contribution in [0, 0.1) is 5.92 Å². The van der Waals surface area contributed by atoms with E-state index in [4.69, 9.17) is 9.84 Å². The second-order valence-corrected chi connectivity index (χ2v) is 8.42. The number of aliphatic hydroxyl groups is 1. The molecule has 0 bridgehead atoms. The summed E-state index contributed by atoms with van der Waals surface area (Å²) in [5, 5.41) is 23.3. The van der Waals surface area contributed by atoms with Crippen LogP contribution in [0.3, 0.4) is 0 Å². The highest BCUT2D eigenvalue weighted by Gasteiger charge is 2.33. The van der Waals surface area contributed by atoms with E-state index in [2.05, 4.69) is 32.2 Å². The second kappa shape index (κ2) is 6.96. The monoisotopic (exact) mass is 347 g/mol. The predicted octanol–water partition coefficient (Wildman–Crippen LogP) is 3.01. The number of hydrogen-bond donors (Lipinski definition) is 3. The first-order valence-electron chi connectivity index (χ1n) is 9.20. The van der Waals surface area contributed by atoms with Gasteiger partial charge in [-0.05, 0) is 42.7 Å². The lowest BCUT2D eigenvalue weighted by molar-refractivity contribution is -0.142. The lowest BCUT2D eigenvalue weighted by Crippen LogP contribution is -2.48. The molecule has 5 heteroatoms. The summed E-state index contributed by atoms with van der Waals surface area (Å²) < 4.78 is 5.93. The Morgan fingerprint density at radius 2 is 1.88 bits per heavy atom. The minimum Gasteiger partial charge on any atom is -0.491 e. The smallest absolute Gasteiger partial charge is 0.306 e. The van der Waals surface area contributed by atoms with Gasteiger partial charge in [-0.2, -0.15) is 0 Å². The Kier molecular flexibility index (Phi) is 5.07. The first-order chi connectivity index (χ1) is 11.8. The molecule has 1 heterocycles. The van der Waals surface area contributed by atoms with Crippen LogP contribution in [0.4, 0.5) is 0 Å². The fourth-order valence-electron chi connectivity index (χ4n) is 3.81. The van der Waals surface area contributed by atoms with Crippen molar-refractivity contribution in [1.29, 1.82) is 0 Å². The van der Waals surface area contributed by atoms with Gasteiger partial charge in [0.05, 0.1) is 12.0 Å². The number of nitrogens with one attached hydrogen (secondary N) is 1. The number of aliphatic carboxylic acids is 1. The third-order valence-corrected chi connectivity index (χ3v) is 5.52. The Hall–Kier alpha value is -1.59. The van der Waals surface area contributed by atoms with E-state index in [1.807, 2.05) is 12.1 Å². The maximum atomic E-state index is 11.1. The molecule has 5 nitrogen and oxygen atoms in total. The fraction of sp³-hybridized carbons (Fsp3) is 0.650. The Labute approximate surface area is 149 Å². The molecule has 0 amide bonds. The van der Waals surface area contributed by atoms with Gasteiger partial charge in [0.15, 0.2) is 0 Å². The molecule has 1 aliphatic heterocycles. The molecule has 1 aromatic carbocycles. The number of hydrogen-bond acceptors (Lipinski definition) is 4. The second-order valence-electron chi connectivity index (χ2n) is 8.42. The highest BCUT2D eigenvalue weighted by atomic mass is 16.5. The van der Waals surface area contributed by atoms with E-state index in [0.29, 0.717) is 19.4 Å². The van der Waals surface area contributed by atoms with Crippen molar-refractivity contribution in [3.63, 3.8) is 0 Å². The van der Waals surface area contributed by atoms with Gasteiger partial charge in [0.1, 0.15) is 18.5 Å². The van der Waals surface area contributed by atoms with Gasteiger partial charge in [-0.25, -0.2) is 0 Å². The SMILES string of the molecule is CC(C)(C)c1ccc2c(c1)OC[C@@H](N[C@H]1CC[C@@H](C(=O)O)CC1)[C@H]2O. The number of fused-ring (bicyclic) bond motifs is 1. The summed E-state index contributed by atoms with van der Waals surface area (Å²) in [7, 11) is 0. The van der Waals surface area contributed by atoms with Crippen molar-refractivity contribution < 1.29 is 19.7 Å². The average Bonchev–Trinajstić information content (AvgIpc) is 2.57. The predicted molar refractivity (Wildman–Crippen MR) is 95.9 cm³/mol. The molecule has 1 aromatic rings. The highest BCUT2D eigenvalue weighted by Crippen LogP contribution is 2.36. The molecule has 2 atom stereocenters. The molecule has 138 valence electrons. The van der Waals surface area contributed by atoms with Gasteiger partial charge in [-0.15, -0.1) is 0 Å². The molecular formula is C20H29NO4. The first-order valence-corrected chi connectivity index (χ1v) is 9.20. The molecule has 25 heavy (non-hydrogen) atoms. The summed E-state index contributed by atoms with van der Waals surface area (Å²) >= 11 is 0. The van der Waals surface area contributed by atoms with Crippen molar-refractivity contribution in [3.8, 4) is 5.75 Å². The molecule has 0 saturated heterocycles. The summed E-state index contributed by atoms with van der Waals surface area (Å²) in [4.78, 5) is 11.1. The number of carboxylic acid groups (broad SMARTS) is 1. The van der Waals surface area contributed by atoms with Gasteiger partial charge in [0.25, 0.3) is 0 Å². The van der Waals surface area contributed by atoms with Gasteiger partial charge in [0, 0.05) is 11.6 Å². The van der Waals surface area contributed by atoms with E-state index in [0.717, 1.165) is 24.2 Å². The van der Waals surface area contributed by atoms with Crippen LogP contribution in [-0.4, -0.2) is 34.9 Å². The number of aliphatic hydroxyl groups excluding tert-OH is 1. The lowest BCUT2D eigenvalue weighted by Gasteiger charge is -2.36. The summed E-state index contributed by atoms with van der Waals surface area (Å²) in [6.07, 6.45) is 2.45. The molecule has 0 spiro atoms. The van der Waals surface area contributed by atoms with Gasteiger partial charge >= 0.3 is 5.97 Å². The zero-order chi connectivity index (χ0) is 18.2. The molecule has 0 aromatic heterocycles. The van der Waals surface area contributed by atoms with Crippen LogP contribution in [-0.2, 0) is 10.2 Å². The standard InChI is InChI=1S/C20H29NO4/c1-20(2,3)13-6-9-15-17(10-13)25-11-16(18(15)22)21-14-7-4-12(5-8-14)19(23)24/h6,9-10,12,14,16,18,21-22H,4-5,7-8,11H2,1-3H3,(H,23,24)/t12-,14+,16-,18+/m1/s1. The number of carbonyl (C=O) groups is 1. The van der Waals surface area contributed by atoms with Crippen molar-refractivity contribution in [2.75, 3.05) is 6.61 Å². The molecule has 0 unspecified atom stereocenters. The van der Waals surface area contributed by atoms with Crippen LogP contribution in [0.15, 0.2) is 18.2 Å². The van der Waals surface area contributed by atoms with Crippen LogP contribution in [0.25, 0.3) is 0 Å². The number of carboxylic acids is 1. The van der Waals surface area contributed by atoms with Gasteiger partial charge < -0.3 is 20.3 Å². The molecule has 1 fully saturated rings. The van der Waals surface area contributed by atoms with Crippen LogP contribution in [0.5, 0.6) is 5.75 Å². The van der Waals surface area contributed by atoms with Gasteiger partial charge in [-0.3, -0.25) is 4.79 Å². The summed E-state index contributed by atoms with van der Waals surface area (Å²) in [5.41, 5.74) is 2.06. The van der Waals surface area contributed by atoms with Crippen LogP contribution < -0.4 is 10.1 Å². The maximum absolute atomic E-state index is 11.1. The quantitative estimate of drug-likeness (QED) is 0.783. The molecule has 2 aliphatic rings. The highest BCUT2D eigenvalue weighted by molar-refractivity contribution is 5.70. The van der Waals surface area contributed by atoms with Crippen LogP contribution in [0.2, 0.25) is 0 Å². The fourth-order valence-corrected chi connectivity index (χ4v) is 3.81. The first kappa shape index (κ1) is 18.2. The Morgan fingerprint density at radius 3 is 2.48 bits per heavy atom. The van der Waals surface area contributed by atoms with E-state index in [-0.39, 0.29) is 23.4 Å². The number of rotatable bonds is 3. The van der Waals surface area contributed by atoms with E-state index in [1.54, 1.807) is 0 Å². The summed E-state index contributed by atoms with van der Waals surface area (Å²) in [5.74, 6) is -0.141. The summed E-state index contributed by atoms with van der Waals surface area (Å²) in [6, 6.07) is 6.16. The maximum Gasteiger partial charge on any atom is 0.306 e. The topological polar surface area (TPSA) is 78.8 Å². The third kappa shape index (κ3) is 3.98. The van der Waals surface area contributed by atoms with E-state index in [9.17, 15) is 9.90 Å². The minimum absolute atomic E-state index is 0.0429. The van der Waals surface area contributed by atoms with Crippen molar-refractivity contribution >= 4 is 5.97 Å². The number of benzene rings is 1. The Balaban J connectivity index is 1.64. The van der Waals surface area contributed by atoms with E-state index in [1.165, 1.54) is 5.56 Å². The Bertz CT molecular complexity index is 629. The largest absolute Gasteiger partial charge is 0.491 e. The average molecular weight is 347 g/mol. The normalized spacial score (nSPS) is 29.6. The third-order valence-electron chi connectivity index (χ3n) is 5.52. The minimum atomic E-state index is -0.692. The molecule has 1 aliphatic carbocycles. The van der Waals surface area contributed by atoms with E-state index < -0.39 is 12.1 Å².